The Morgan fingerprint density at radius 2 is 2.33 bits per heavy atom. The molecule has 0 atom stereocenters. The van der Waals surface area contributed by atoms with E-state index in [0.717, 1.165) is 19.3 Å². The van der Waals surface area contributed by atoms with E-state index in [-0.39, 0.29) is 12.5 Å². The van der Waals surface area contributed by atoms with Gasteiger partial charge >= 0.3 is 5.97 Å². The van der Waals surface area contributed by atoms with Crippen molar-refractivity contribution < 1.29 is 9.53 Å². The number of aliphatic imine (C=N–C) groups is 1. The maximum Gasteiger partial charge on any atom is 0.328 e. The lowest BCUT2D eigenvalue weighted by molar-refractivity contribution is -0.141. The second-order valence-electron chi connectivity index (χ2n) is 2.34. The molecular formula is C8H13NO2S. The predicted octanol–water partition coefficient (Wildman–Crippen LogP) is 1.82. The molecule has 0 aromatic carbocycles. The van der Waals surface area contributed by atoms with Crippen molar-refractivity contribution in [3.63, 3.8) is 0 Å². The Morgan fingerprint density at radius 1 is 1.58 bits per heavy atom. The van der Waals surface area contributed by atoms with Gasteiger partial charge in [-0.1, -0.05) is 19.8 Å². The van der Waals surface area contributed by atoms with E-state index in [1.165, 1.54) is 0 Å². The zero-order valence-corrected chi connectivity index (χ0v) is 8.02. The number of hydrogen-bond acceptors (Lipinski definition) is 4. The molecule has 0 saturated carbocycles. The van der Waals surface area contributed by atoms with Crippen molar-refractivity contribution in [2.24, 2.45) is 4.99 Å². The highest BCUT2D eigenvalue weighted by Crippen LogP contribution is 1.94. The van der Waals surface area contributed by atoms with Crippen LogP contribution in [0.25, 0.3) is 0 Å². The van der Waals surface area contributed by atoms with Crippen molar-refractivity contribution in [1.29, 1.82) is 0 Å². The fourth-order valence-electron chi connectivity index (χ4n) is 0.681. The molecule has 0 heterocycles. The van der Waals surface area contributed by atoms with Gasteiger partial charge < -0.3 is 4.74 Å². The fraction of sp³-hybridized carbons (Fsp3) is 0.750. The molecule has 4 heteroatoms. The summed E-state index contributed by atoms with van der Waals surface area (Å²) >= 11 is 4.30. The number of rotatable bonds is 6. The first-order valence-corrected chi connectivity index (χ1v) is 4.41. The molecule has 0 N–H and O–H groups in total. The number of hydrogen-bond donors (Lipinski definition) is 0. The van der Waals surface area contributed by atoms with Crippen molar-refractivity contribution in [3.8, 4) is 0 Å². The molecule has 0 radical (unpaired) electrons. The van der Waals surface area contributed by atoms with Crippen LogP contribution in [0.2, 0.25) is 0 Å². The second-order valence-corrected chi connectivity index (χ2v) is 2.52. The number of carbonyl (C=O) groups excluding carboxylic acids is 1. The van der Waals surface area contributed by atoms with Crippen molar-refractivity contribution in [2.45, 2.75) is 26.2 Å². The molecule has 0 amide bonds. The van der Waals surface area contributed by atoms with Crippen LogP contribution in [0, 0.1) is 0 Å². The van der Waals surface area contributed by atoms with E-state index in [1.54, 1.807) is 0 Å². The highest BCUT2D eigenvalue weighted by molar-refractivity contribution is 7.78. The lowest BCUT2D eigenvalue weighted by Crippen LogP contribution is -2.08. The van der Waals surface area contributed by atoms with Crippen LogP contribution >= 0.6 is 12.2 Å². The van der Waals surface area contributed by atoms with E-state index in [9.17, 15) is 4.79 Å². The highest BCUT2D eigenvalue weighted by atomic mass is 32.1. The quantitative estimate of drug-likeness (QED) is 0.275. The number of ether oxygens (including phenoxy) is 1. The molecule has 0 aliphatic rings. The fourth-order valence-corrected chi connectivity index (χ4v) is 0.745. The molecule has 0 aromatic rings. The van der Waals surface area contributed by atoms with Crippen molar-refractivity contribution >= 4 is 23.3 Å². The summed E-state index contributed by atoms with van der Waals surface area (Å²) in [6, 6.07) is 0. The van der Waals surface area contributed by atoms with Gasteiger partial charge in [-0.2, -0.15) is 0 Å². The molecule has 0 aliphatic heterocycles. The third kappa shape index (κ3) is 7.38. The maximum absolute atomic E-state index is 10.8. The van der Waals surface area contributed by atoms with Crippen LogP contribution < -0.4 is 0 Å². The minimum Gasteiger partial charge on any atom is -0.464 e. The van der Waals surface area contributed by atoms with E-state index < -0.39 is 0 Å². The number of carbonyl (C=O) groups is 1. The summed E-state index contributed by atoms with van der Waals surface area (Å²) in [6.45, 7) is 2.58. The highest BCUT2D eigenvalue weighted by Gasteiger charge is 1.98. The molecule has 0 bridgehead atoms. The lowest BCUT2D eigenvalue weighted by atomic mass is 10.3. The summed E-state index contributed by atoms with van der Waals surface area (Å²) in [5.74, 6) is -0.330. The standard InChI is InChI=1S/C8H13NO2S/c1-2-3-4-5-11-8(10)6-9-7-12/h2-6H2,1H3. The first kappa shape index (κ1) is 11.3. The second kappa shape index (κ2) is 8.37. The maximum atomic E-state index is 10.8. The zero-order valence-electron chi connectivity index (χ0n) is 7.21. The minimum atomic E-state index is -0.330. The van der Waals surface area contributed by atoms with Gasteiger partial charge in [-0.05, 0) is 18.6 Å². The molecule has 0 aliphatic carbocycles. The Balaban J connectivity index is 3.25. The van der Waals surface area contributed by atoms with Gasteiger partial charge in [0, 0.05) is 0 Å². The van der Waals surface area contributed by atoms with Gasteiger partial charge in [0.15, 0.2) is 0 Å². The van der Waals surface area contributed by atoms with Crippen molar-refractivity contribution in [2.75, 3.05) is 13.2 Å². The van der Waals surface area contributed by atoms with Crippen molar-refractivity contribution in [1.82, 2.24) is 0 Å². The van der Waals surface area contributed by atoms with Crippen LogP contribution in [0.3, 0.4) is 0 Å². The molecule has 12 heavy (non-hydrogen) atoms. The number of nitrogens with zero attached hydrogens (tertiary/aromatic N) is 1. The molecule has 0 saturated heterocycles. The van der Waals surface area contributed by atoms with Gasteiger partial charge in [-0.15, -0.1) is 0 Å². The van der Waals surface area contributed by atoms with E-state index in [4.69, 9.17) is 4.74 Å². The Labute approximate surface area is 77.8 Å². The van der Waals surface area contributed by atoms with E-state index in [2.05, 4.69) is 29.3 Å². The largest absolute Gasteiger partial charge is 0.464 e. The van der Waals surface area contributed by atoms with Crippen LogP contribution in [0.4, 0.5) is 0 Å². The molecule has 3 nitrogen and oxygen atoms in total. The lowest BCUT2D eigenvalue weighted by Gasteiger charge is -2.00. The Bertz CT molecular complexity index is 176. The Hall–Kier alpha value is -0.730. The summed E-state index contributed by atoms with van der Waals surface area (Å²) in [6.07, 6.45) is 3.13. The van der Waals surface area contributed by atoms with E-state index >= 15 is 0 Å². The normalized spacial score (nSPS) is 8.75. The number of thiocarbonyl (C=S) groups is 1. The molecule has 0 fully saturated rings. The third-order valence-electron chi connectivity index (χ3n) is 1.28. The molecule has 0 aromatic heterocycles. The molecule has 68 valence electrons. The summed E-state index contributed by atoms with van der Waals surface area (Å²) in [5.41, 5.74) is 0. The summed E-state index contributed by atoms with van der Waals surface area (Å²) < 4.78 is 4.83. The molecular weight excluding hydrogens is 174 g/mol. The van der Waals surface area contributed by atoms with Crippen LogP contribution in [-0.2, 0) is 9.53 Å². The third-order valence-corrected chi connectivity index (χ3v) is 1.41. The Morgan fingerprint density at radius 3 is 2.92 bits per heavy atom. The van der Waals surface area contributed by atoms with Crippen LogP contribution in [0.15, 0.2) is 4.99 Å². The van der Waals surface area contributed by atoms with Gasteiger partial charge in [0.25, 0.3) is 0 Å². The number of unbranched alkanes of at least 4 members (excludes halogenated alkanes) is 2. The Kier molecular flexibility index (Phi) is 7.86. The van der Waals surface area contributed by atoms with E-state index in [1.807, 2.05) is 0 Å². The minimum absolute atomic E-state index is 0.00434. The van der Waals surface area contributed by atoms with Crippen molar-refractivity contribution in [3.05, 3.63) is 0 Å². The first-order valence-electron chi connectivity index (χ1n) is 4.00. The van der Waals surface area contributed by atoms with E-state index in [0.29, 0.717) is 6.61 Å². The van der Waals surface area contributed by atoms with Crippen LogP contribution in [0.5, 0.6) is 0 Å². The number of isothiocyanates is 1. The average molecular weight is 187 g/mol. The average Bonchev–Trinajstić information content (AvgIpc) is 2.09. The summed E-state index contributed by atoms with van der Waals surface area (Å²) in [4.78, 5) is 14.2. The molecule has 0 unspecified atom stereocenters. The predicted molar refractivity (Wildman–Crippen MR) is 50.4 cm³/mol. The van der Waals surface area contributed by atoms with Gasteiger partial charge in [-0.3, -0.25) is 4.79 Å². The van der Waals surface area contributed by atoms with Gasteiger partial charge in [0.05, 0.1) is 11.8 Å². The monoisotopic (exact) mass is 187 g/mol. The molecule has 0 rings (SSSR count). The van der Waals surface area contributed by atoms with Gasteiger partial charge in [0.1, 0.15) is 6.54 Å². The van der Waals surface area contributed by atoms with Crippen LogP contribution in [0.1, 0.15) is 26.2 Å². The molecule has 0 spiro atoms. The SMILES string of the molecule is CCCCCOC(=O)CN=C=S. The van der Waals surface area contributed by atoms with Gasteiger partial charge in [-0.25, -0.2) is 4.99 Å². The smallest absolute Gasteiger partial charge is 0.328 e. The first-order chi connectivity index (χ1) is 5.81. The zero-order chi connectivity index (χ0) is 9.23. The summed E-state index contributed by atoms with van der Waals surface area (Å²) in [5, 5.41) is 2.11. The van der Waals surface area contributed by atoms with Gasteiger partial charge in [0.2, 0.25) is 0 Å². The van der Waals surface area contributed by atoms with Crippen LogP contribution in [-0.4, -0.2) is 24.3 Å². The summed E-state index contributed by atoms with van der Waals surface area (Å²) in [7, 11) is 0. The number of esters is 1. The topological polar surface area (TPSA) is 38.7 Å².